The molecule has 7 heteroatoms. The van der Waals surface area contributed by atoms with Crippen LogP contribution < -0.4 is 14.2 Å². The van der Waals surface area contributed by atoms with Crippen LogP contribution in [-0.2, 0) is 0 Å². The Hall–Kier alpha value is -3.06. The molecule has 0 spiro atoms. The van der Waals surface area contributed by atoms with Crippen LogP contribution >= 0.6 is 0 Å². The molecule has 0 radical (unpaired) electrons. The minimum atomic E-state index is -0.484. The van der Waals surface area contributed by atoms with E-state index in [1.807, 2.05) is 0 Å². The van der Waals surface area contributed by atoms with Crippen molar-refractivity contribution in [2.24, 2.45) is 0 Å². The van der Waals surface area contributed by atoms with Gasteiger partial charge in [0, 0.05) is 12.1 Å². The lowest BCUT2D eigenvalue weighted by molar-refractivity contribution is -0.385. The maximum Gasteiger partial charge on any atom is 0.311 e. The van der Waals surface area contributed by atoms with Gasteiger partial charge >= 0.3 is 5.69 Å². The summed E-state index contributed by atoms with van der Waals surface area (Å²) < 4.78 is 15.6. The topological polar surface area (TPSA) is 91.1 Å². The second-order valence-corrected chi connectivity index (χ2v) is 5.04. The van der Waals surface area contributed by atoms with E-state index in [9.17, 15) is 10.1 Å². The first-order valence-corrected chi connectivity index (χ1v) is 7.50. The van der Waals surface area contributed by atoms with Crippen LogP contribution in [0.2, 0.25) is 0 Å². The number of rotatable bonds is 8. The van der Waals surface area contributed by atoms with Crippen LogP contribution in [0, 0.1) is 10.1 Å². The van der Waals surface area contributed by atoms with Gasteiger partial charge in [0.1, 0.15) is 18.1 Å². The van der Waals surface area contributed by atoms with E-state index < -0.39 is 4.92 Å². The van der Waals surface area contributed by atoms with Gasteiger partial charge in [-0.1, -0.05) is 18.2 Å². The molecule has 0 fully saturated rings. The lowest BCUT2D eigenvalue weighted by Gasteiger charge is -2.08. The van der Waals surface area contributed by atoms with Crippen LogP contribution in [0.25, 0.3) is 12.2 Å². The van der Waals surface area contributed by atoms with Gasteiger partial charge in [-0.15, -0.1) is 0 Å². The molecule has 25 heavy (non-hydrogen) atoms. The van der Waals surface area contributed by atoms with Crippen molar-refractivity contribution in [3.05, 3.63) is 57.6 Å². The number of ether oxygens (including phenoxy) is 3. The normalized spacial score (nSPS) is 10.7. The predicted molar refractivity (Wildman–Crippen MR) is 94.2 cm³/mol. The average molecular weight is 345 g/mol. The van der Waals surface area contributed by atoms with E-state index >= 15 is 0 Å². The van der Waals surface area contributed by atoms with Crippen LogP contribution in [0.4, 0.5) is 5.69 Å². The molecule has 0 saturated heterocycles. The van der Waals surface area contributed by atoms with Crippen molar-refractivity contribution < 1.29 is 24.2 Å². The molecule has 2 aromatic rings. The van der Waals surface area contributed by atoms with E-state index in [2.05, 4.69) is 0 Å². The lowest BCUT2D eigenvalue weighted by Crippen LogP contribution is -2.01. The zero-order valence-electron chi connectivity index (χ0n) is 14.0. The number of nitro groups is 1. The molecule has 1 N–H and O–H groups in total. The molecule has 2 aromatic carbocycles. The van der Waals surface area contributed by atoms with Gasteiger partial charge in [0.05, 0.1) is 25.7 Å². The highest BCUT2D eigenvalue weighted by atomic mass is 16.6. The van der Waals surface area contributed by atoms with E-state index in [0.717, 1.165) is 5.56 Å². The summed E-state index contributed by atoms with van der Waals surface area (Å²) in [6, 6.07) is 10.0. The summed E-state index contributed by atoms with van der Waals surface area (Å²) >= 11 is 0. The number of aliphatic hydroxyl groups is 1. The van der Waals surface area contributed by atoms with Crippen molar-refractivity contribution in [1.82, 2.24) is 0 Å². The van der Waals surface area contributed by atoms with E-state index in [1.54, 1.807) is 49.6 Å². The Morgan fingerprint density at radius 1 is 1.04 bits per heavy atom. The van der Waals surface area contributed by atoms with Crippen LogP contribution in [0.5, 0.6) is 17.2 Å². The highest BCUT2D eigenvalue weighted by Gasteiger charge is 2.14. The second-order valence-electron chi connectivity index (χ2n) is 5.04. The van der Waals surface area contributed by atoms with Gasteiger partial charge < -0.3 is 19.3 Å². The number of nitrogens with zero attached hydrogens (tertiary/aromatic N) is 1. The summed E-state index contributed by atoms with van der Waals surface area (Å²) in [6.45, 7) is 0.0961. The predicted octanol–water partition coefficient (Wildman–Crippen LogP) is 3.15. The van der Waals surface area contributed by atoms with E-state index in [-0.39, 0.29) is 24.7 Å². The second kappa shape index (κ2) is 8.70. The minimum Gasteiger partial charge on any atom is -0.497 e. The van der Waals surface area contributed by atoms with Crippen molar-refractivity contribution in [3.63, 3.8) is 0 Å². The van der Waals surface area contributed by atoms with Gasteiger partial charge in [-0.25, -0.2) is 0 Å². The third-order valence-electron chi connectivity index (χ3n) is 3.37. The first kappa shape index (κ1) is 18.3. The van der Waals surface area contributed by atoms with Crippen LogP contribution in [0.1, 0.15) is 11.1 Å². The molecule has 0 amide bonds. The number of hydrogen-bond acceptors (Lipinski definition) is 6. The van der Waals surface area contributed by atoms with Crippen molar-refractivity contribution in [3.8, 4) is 17.2 Å². The maximum absolute atomic E-state index is 11.1. The molecule has 0 aliphatic heterocycles. The van der Waals surface area contributed by atoms with Gasteiger partial charge in [-0.2, -0.15) is 0 Å². The monoisotopic (exact) mass is 345 g/mol. The zero-order valence-corrected chi connectivity index (χ0v) is 14.0. The quantitative estimate of drug-likeness (QED) is 0.449. The van der Waals surface area contributed by atoms with Gasteiger partial charge in [-0.3, -0.25) is 10.1 Å². The van der Waals surface area contributed by atoms with Crippen LogP contribution in [0.3, 0.4) is 0 Å². The van der Waals surface area contributed by atoms with Crippen molar-refractivity contribution in [2.75, 3.05) is 27.4 Å². The van der Waals surface area contributed by atoms with E-state index in [4.69, 9.17) is 19.3 Å². The van der Waals surface area contributed by atoms with Crippen molar-refractivity contribution in [1.29, 1.82) is 0 Å². The number of benzene rings is 2. The Kier molecular flexibility index (Phi) is 6.36. The van der Waals surface area contributed by atoms with E-state index in [1.165, 1.54) is 13.2 Å². The highest BCUT2D eigenvalue weighted by Crippen LogP contribution is 2.29. The van der Waals surface area contributed by atoms with Crippen molar-refractivity contribution in [2.45, 2.75) is 0 Å². The van der Waals surface area contributed by atoms with Gasteiger partial charge in [0.15, 0.2) is 5.75 Å². The molecular weight excluding hydrogens is 326 g/mol. The number of hydrogen-bond donors (Lipinski definition) is 1. The van der Waals surface area contributed by atoms with Crippen LogP contribution in [-0.4, -0.2) is 37.5 Å². The first-order valence-electron chi connectivity index (χ1n) is 7.50. The maximum atomic E-state index is 11.1. The molecule has 0 aromatic heterocycles. The van der Waals surface area contributed by atoms with Crippen molar-refractivity contribution >= 4 is 17.8 Å². The summed E-state index contributed by atoms with van der Waals surface area (Å²) in [6.07, 6.45) is 3.54. The molecule has 132 valence electrons. The third-order valence-corrected chi connectivity index (χ3v) is 3.37. The summed E-state index contributed by atoms with van der Waals surface area (Å²) in [5.41, 5.74) is 1.36. The standard InChI is InChI=1S/C18H19NO6/c1-23-15-9-14(10-16(12-15)25-8-7-20)4-3-13-5-6-18(24-2)17(11-13)19(21)22/h3-6,9-12,20H,7-8H2,1-2H3/b4-3-. The fraction of sp³-hybridized carbons (Fsp3) is 0.222. The Morgan fingerprint density at radius 2 is 1.76 bits per heavy atom. The van der Waals surface area contributed by atoms with Gasteiger partial charge in [0.2, 0.25) is 0 Å². The van der Waals surface area contributed by atoms with E-state index in [0.29, 0.717) is 17.1 Å². The molecule has 2 rings (SSSR count). The smallest absolute Gasteiger partial charge is 0.311 e. The molecule has 0 aliphatic rings. The largest absolute Gasteiger partial charge is 0.497 e. The zero-order chi connectivity index (χ0) is 18.2. The highest BCUT2D eigenvalue weighted by molar-refractivity contribution is 5.72. The third kappa shape index (κ3) is 4.95. The van der Waals surface area contributed by atoms with Gasteiger partial charge in [0.25, 0.3) is 0 Å². The Morgan fingerprint density at radius 3 is 2.40 bits per heavy atom. The molecule has 0 heterocycles. The molecule has 0 bridgehead atoms. The van der Waals surface area contributed by atoms with Gasteiger partial charge in [-0.05, 0) is 29.3 Å². The summed E-state index contributed by atoms with van der Waals surface area (Å²) in [5.74, 6) is 1.38. The first-order chi connectivity index (χ1) is 12.1. The Bertz CT molecular complexity index is 772. The fourth-order valence-electron chi connectivity index (χ4n) is 2.20. The SMILES string of the molecule is COc1cc(/C=C\c2ccc(OC)c([N+](=O)[O-])c2)cc(OCCO)c1. The Labute approximate surface area is 145 Å². The van der Waals surface area contributed by atoms with Crippen LogP contribution in [0.15, 0.2) is 36.4 Å². The molecule has 0 unspecified atom stereocenters. The Balaban J connectivity index is 2.29. The molecule has 0 atom stereocenters. The number of nitro benzene ring substituents is 1. The average Bonchev–Trinajstić information content (AvgIpc) is 2.64. The number of methoxy groups -OCH3 is 2. The molecule has 0 saturated carbocycles. The summed E-state index contributed by atoms with van der Waals surface area (Å²) in [4.78, 5) is 10.6. The molecule has 0 aliphatic carbocycles. The number of aliphatic hydroxyl groups excluding tert-OH is 1. The summed E-state index contributed by atoms with van der Waals surface area (Å²) in [5, 5.41) is 19.9. The molecular formula is C18H19NO6. The molecule has 7 nitrogen and oxygen atoms in total. The summed E-state index contributed by atoms with van der Waals surface area (Å²) in [7, 11) is 2.94. The minimum absolute atomic E-state index is 0.0854. The fourth-order valence-corrected chi connectivity index (χ4v) is 2.20. The lowest BCUT2D eigenvalue weighted by atomic mass is 10.1.